The quantitative estimate of drug-likeness (QED) is 0.541. The lowest BCUT2D eigenvalue weighted by molar-refractivity contribution is 0.470. The van der Waals surface area contributed by atoms with Gasteiger partial charge in [0.05, 0.1) is 24.5 Å². The van der Waals surface area contributed by atoms with Crippen LogP contribution in [0.2, 0.25) is 10.0 Å². The van der Waals surface area contributed by atoms with E-state index in [4.69, 9.17) is 33.1 Å². The molecule has 0 unspecified atom stereocenters. The summed E-state index contributed by atoms with van der Waals surface area (Å²) in [6.45, 7) is 3.94. The molecule has 2 N–H and O–H groups in total. The van der Waals surface area contributed by atoms with Crippen LogP contribution in [0.3, 0.4) is 0 Å². The molecule has 1 aromatic carbocycles. The first-order valence-electron chi connectivity index (χ1n) is 8.81. The molecule has 7 nitrogen and oxygen atoms in total. The van der Waals surface area contributed by atoms with Crippen LogP contribution in [0.1, 0.15) is 37.0 Å². The molecule has 154 valence electrons. The summed E-state index contributed by atoms with van der Waals surface area (Å²) in [4.78, 5) is 8.74. The summed E-state index contributed by atoms with van der Waals surface area (Å²) in [7, 11) is -4.26. The molecule has 3 aromatic rings. The average molecular weight is 455 g/mol. The van der Waals surface area contributed by atoms with Gasteiger partial charge < -0.3 is 14.5 Å². The zero-order chi connectivity index (χ0) is 21.2. The van der Waals surface area contributed by atoms with Gasteiger partial charge >= 0.3 is 10.1 Å². The Morgan fingerprint density at radius 3 is 2.41 bits per heavy atom. The number of aromatic nitrogens is 3. The van der Waals surface area contributed by atoms with Crippen LogP contribution in [0, 0.1) is 0 Å². The molecule has 0 aliphatic carbocycles. The molecule has 0 saturated carbocycles. The second-order valence-corrected chi connectivity index (χ2v) is 8.96. The molecule has 10 heteroatoms. The predicted molar refractivity (Wildman–Crippen MR) is 112 cm³/mol. The van der Waals surface area contributed by atoms with Crippen LogP contribution in [0.4, 0.5) is 0 Å². The molecule has 0 bridgehead atoms. The van der Waals surface area contributed by atoms with Gasteiger partial charge in [0.2, 0.25) is 0 Å². The molecule has 0 spiro atoms. The zero-order valence-electron chi connectivity index (χ0n) is 15.8. The van der Waals surface area contributed by atoms with Gasteiger partial charge in [0, 0.05) is 28.4 Å². The highest BCUT2D eigenvalue weighted by Crippen LogP contribution is 2.31. The van der Waals surface area contributed by atoms with Crippen molar-refractivity contribution in [3.63, 3.8) is 0 Å². The van der Waals surface area contributed by atoms with Crippen LogP contribution in [0.5, 0.6) is 5.75 Å². The normalized spacial score (nSPS) is 11.8. The van der Waals surface area contributed by atoms with Gasteiger partial charge in [0.25, 0.3) is 0 Å². The van der Waals surface area contributed by atoms with Gasteiger partial charge in [0.15, 0.2) is 5.03 Å². The van der Waals surface area contributed by atoms with E-state index in [2.05, 4.69) is 9.97 Å². The van der Waals surface area contributed by atoms with Crippen molar-refractivity contribution in [2.75, 3.05) is 0 Å². The van der Waals surface area contributed by atoms with E-state index in [9.17, 15) is 8.42 Å². The fourth-order valence-electron chi connectivity index (χ4n) is 2.86. The summed E-state index contributed by atoms with van der Waals surface area (Å²) in [5.74, 6) is 0.254. The molecular weight excluding hydrogens is 435 g/mol. The van der Waals surface area contributed by atoms with Gasteiger partial charge in [-0.05, 0) is 24.1 Å². The number of hydrogen-bond donors (Lipinski definition) is 1. The number of hydrogen-bond acceptors (Lipinski definition) is 6. The molecule has 29 heavy (non-hydrogen) atoms. The molecule has 0 atom stereocenters. The monoisotopic (exact) mass is 454 g/mol. The van der Waals surface area contributed by atoms with Crippen LogP contribution in [-0.4, -0.2) is 23.0 Å². The number of nitrogens with zero attached hydrogens (tertiary/aromatic N) is 3. The topological polar surface area (TPSA) is 100 Å². The van der Waals surface area contributed by atoms with E-state index in [1.807, 2.05) is 19.9 Å². The van der Waals surface area contributed by atoms with Crippen molar-refractivity contribution in [3.05, 3.63) is 69.9 Å². The lowest BCUT2D eigenvalue weighted by atomic mass is 10.1. The van der Waals surface area contributed by atoms with Gasteiger partial charge in [-0.25, -0.2) is 4.98 Å². The highest BCUT2D eigenvalue weighted by atomic mass is 35.5. The summed E-state index contributed by atoms with van der Waals surface area (Å²) in [6, 6.07) is 9.64. The second kappa shape index (κ2) is 8.71. The first-order valence-corrected chi connectivity index (χ1v) is 11.0. The minimum atomic E-state index is -4.26. The predicted octanol–water partition coefficient (Wildman–Crippen LogP) is 3.98. The summed E-state index contributed by atoms with van der Waals surface area (Å²) in [6.07, 6.45) is 1.64. The molecule has 2 aromatic heterocycles. The van der Waals surface area contributed by atoms with Crippen molar-refractivity contribution in [2.24, 2.45) is 5.73 Å². The molecule has 0 radical (unpaired) electrons. The maximum Gasteiger partial charge on any atom is 0.357 e. The Morgan fingerprint density at radius 1 is 1.17 bits per heavy atom. The van der Waals surface area contributed by atoms with E-state index < -0.39 is 10.1 Å². The molecule has 0 fully saturated rings. The van der Waals surface area contributed by atoms with E-state index in [0.717, 1.165) is 0 Å². The number of pyridine rings is 1. The smallest absolute Gasteiger partial charge is 0.357 e. The highest BCUT2D eigenvalue weighted by molar-refractivity contribution is 7.87. The van der Waals surface area contributed by atoms with E-state index in [-0.39, 0.29) is 39.8 Å². The summed E-state index contributed by atoms with van der Waals surface area (Å²) >= 11 is 11.9. The standard InChI is InChI=1S/C19H20Cl2N4O3S/c1-12(2)18-19(29(26,27)28-16-8-13(20)7-14(21)9-16)25(17(10-22)24-18)11-15-5-3-4-6-23-15/h3-9,12H,10-11,22H2,1-2H3. The Labute approximate surface area is 179 Å². The molecule has 2 heterocycles. The maximum atomic E-state index is 13.3. The van der Waals surface area contributed by atoms with Gasteiger partial charge in [0.1, 0.15) is 11.6 Å². The SMILES string of the molecule is CC(C)c1nc(CN)n(Cc2ccccn2)c1S(=O)(=O)Oc1cc(Cl)cc(Cl)c1. The van der Waals surface area contributed by atoms with Gasteiger partial charge in [-0.2, -0.15) is 8.42 Å². The lowest BCUT2D eigenvalue weighted by Gasteiger charge is -2.14. The van der Waals surface area contributed by atoms with Crippen LogP contribution >= 0.6 is 23.2 Å². The molecule has 0 aliphatic heterocycles. The van der Waals surface area contributed by atoms with Crippen LogP contribution in [-0.2, 0) is 23.2 Å². The van der Waals surface area contributed by atoms with E-state index in [0.29, 0.717) is 17.2 Å². The van der Waals surface area contributed by atoms with Crippen molar-refractivity contribution < 1.29 is 12.6 Å². The minimum Gasteiger partial charge on any atom is -0.378 e. The van der Waals surface area contributed by atoms with Crippen molar-refractivity contribution in [2.45, 2.75) is 37.9 Å². The third-order valence-corrected chi connectivity index (χ3v) is 5.83. The highest BCUT2D eigenvalue weighted by Gasteiger charge is 2.31. The average Bonchev–Trinajstić information content (AvgIpc) is 3.01. The largest absolute Gasteiger partial charge is 0.378 e. The first kappa shape index (κ1) is 21.6. The molecule has 0 amide bonds. The summed E-state index contributed by atoms with van der Waals surface area (Å²) in [5, 5.41) is 0.461. The lowest BCUT2D eigenvalue weighted by Crippen LogP contribution is -2.20. The Kier molecular flexibility index (Phi) is 6.48. The Bertz CT molecular complexity index is 1100. The van der Waals surface area contributed by atoms with Crippen molar-refractivity contribution in [1.82, 2.24) is 14.5 Å². The van der Waals surface area contributed by atoms with Crippen LogP contribution in [0.25, 0.3) is 0 Å². The Morgan fingerprint density at radius 2 is 1.86 bits per heavy atom. The number of benzene rings is 1. The minimum absolute atomic E-state index is 0.0112. The number of rotatable bonds is 7. The van der Waals surface area contributed by atoms with Gasteiger partial charge in [-0.15, -0.1) is 0 Å². The molecular formula is C19H20Cl2N4O3S. The van der Waals surface area contributed by atoms with Crippen LogP contribution in [0.15, 0.2) is 47.6 Å². The summed E-state index contributed by atoms with van der Waals surface area (Å²) in [5.41, 5.74) is 6.88. The van der Waals surface area contributed by atoms with Crippen molar-refractivity contribution >= 4 is 33.3 Å². The fraction of sp³-hybridized carbons (Fsp3) is 0.263. The number of imidazole rings is 1. The fourth-order valence-corrected chi connectivity index (χ4v) is 4.77. The summed E-state index contributed by atoms with van der Waals surface area (Å²) < 4.78 is 33.4. The first-order chi connectivity index (χ1) is 13.7. The third kappa shape index (κ3) is 4.90. The van der Waals surface area contributed by atoms with E-state index >= 15 is 0 Å². The third-order valence-electron chi connectivity index (χ3n) is 4.08. The second-order valence-electron chi connectivity index (χ2n) is 6.63. The Balaban J connectivity index is 2.13. The van der Waals surface area contributed by atoms with Crippen LogP contribution < -0.4 is 9.92 Å². The van der Waals surface area contributed by atoms with Gasteiger partial charge in [-0.3, -0.25) is 4.98 Å². The van der Waals surface area contributed by atoms with E-state index in [1.54, 1.807) is 18.3 Å². The van der Waals surface area contributed by atoms with Gasteiger partial charge in [-0.1, -0.05) is 43.1 Å². The number of halogens is 2. The Hall–Kier alpha value is -2.13. The van der Waals surface area contributed by atoms with Crippen molar-refractivity contribution in [3.8, 4) is 5.75 Å². The number of nitrogens with two attached hydrogens (primary N) is 1. The van der Waals surface area contributed by atoms with E-state index in [1.165, 1.54) is 22.8 Å². The maximum absolute atomic E-state index is 13.3. The molecule has 0 saturated heterocycles. The van der Waals surface area contributed by atoms with Crippen molar-refractivity contribution in [1.29, 1.82) is 0 Å². The molecule has 0 aliphatic rings. The zero-order valence-corrected chi connectivity index (χ0v) is 18.2. The molecule has 3 rings (SSSR count).